The molecule has 1 heterocycles. The van der Waals surface area contributed by atoms with E-state index in [0.717, 1.165) is 19.7 Å². The van der Waals surface area contributed by atoms with E-state index >= 15 is 0 Å². The third-order valence-corrected chi connectivity index (χ3v) is 5.33. The molecule has 0 aliphatic heterocycles. The molecule has 0 radical (unpaired) electrons. The van der Waals surface area contributed by atoms with Gasteiger partial charge in [0.25, 0.3) is 0 Å². The first kappa shape index (κ1) is 15.9. The molecular formula is C16H28N2OS. The van der Waals surface area contributed by atoms with Gasteiger partial charge in [0, 0.05) is 18.0 Å². The minimum atomic E-state index is 0.222. The lowest BCUT2D eigenvalue weighted by molar-refractivity contribution is 0.00545. The van der Waals surface area contributed by atoms with Gasteiger partial charge in [0.2, 0.25) is 0 Å². The van der Waals surface area contributed by atoms with E-state index in [-0.39, 0.29) is 6.10 Å². The van der Waals surface area contributed by atoms with Crippen molar-refractivity contribution in [2.24, 2.45) is 5.92 Å². The Balaban J connectivity index is 2.11. The number of ether oxygens (including phenoxy) is 1. The molecule has 2 rings (SSSR count). The first-order valence-electron chi connectivity index (χ1n) is 8.04. The van der Waals surface area contributed by atoms with Crippen LogP contribution in [0.2, 0.25) is 0 Å². The predicted molar refractivity (Wildman–Crippen MR) is 85.2 cm³/mol. The van der Waals surface area contributed by atoms with Gasteiger partial charge in [-0.25, -0.2) is 4.98 Å². The van der Waals surface area contributed by atoms with E-state index in [0.29, 0.717) is 5.92 Å². The van der Waals surface area contributed by atoms with Crippen LogP contribution in [0.15, 0.2) is 0 Å². The summed E-state index contributed by atoms with van der Waals surface area (Å²) in [7, 11) is 0. The molecular weight excluding hydrogens is 268 g/mol. The van der Waals surface area contributed by atoms with Gasteiger partial charge >= 0.3 is 0 Å². The molecule has 1 atom stereocenters. The Morgan fingerprint density at radius 3 is 2.70 bits per heavy atom. The first-order chi connectivity index (χ1) is 9.76. The molecule has 1 aromatic rings. The van der Waals surface area contributed by atoms with Crippen LogP contribution in [-0.2, 0) is 11.3 Å². The fraction of sp³-hybridized carbons (Fsp3) is 0.812. The summed E-state index contributed by atoms with van der Waals surface area (Å²) in [6.45, 7) is 9.07. The van der Waals surface area contributed by atoms with Crippen molar-refractivity contribution in [1.82, 2.24) is 10.3 Å². The maximum Gasteiger partial charge on any atom is 0.122 e. The smallest absolute Gasteiger partial charge is 0.122 e. The van der Waals surface area contributed by atoms with Crippen LogP contribution in [0, 0.1) is 12.8 Å². The van der Waals surface area contributed by atoms with E-state index in [4.69, 9.17) is 9.72 Å². The average Bonchev–Trinajstić information content (AvgIpc) is 2.84. The number of rotatable bonds is 7. The summed E-state index contributed by atoms with van der Waals surface area (Å²) in [5.74, 6) is 0.668. The Hall–Kier alpha value is -0.450. The predicted octanol–water partition coefficient (Wildman–Crippen LogP) is 4.22. The molecule has 1 fully saturated rings. The maximum absolute atomic E-state index is 6.07. The van der Waals surface area contributed by atoms with E-state index < -0.39 is 0 Å². The van der Waals surface area contributed by atoms with Gasteiger partial charge in [-0.05, 0) is 39.2 Å². The van der Waals surface area contributed by atoms with Crippen molar-refractivity contribution >= 4 is 11.3 Å². The van der Waals surface area contributed by atoms with E-state index in [9.17, 15) is 0 Å². The number of hydrogen-bond donors (Lipinski definition) is 1. The third kappa shape index (κ3) is 4.03. The van der Waals surface area contributed by atoms with Gasteiger partial charge in [-0.2, -0.15) is 0 Å². The maximum atomic E-state index is 6.07. The first-order valence-corrected chi connectivity index (χ1v) is 8.86. The molecule has 0 amide bonds. The number of hydrogen-bond acceptors (Lipinski definition) is 4. The van der Waals surface area contributed by atoms with E-state index in [1.807, 2.05) is 11.3 Å². The van der Waals surface area contributed by atoms with Crippen LogP contribution < -0.4 is 5.32 Å². The fourth-order valence-electron chi connectivity index (χ4n) is 3.00. The monoisotopic (exact) mass is 296 g/mol. The highest BCUT2D eigenvalue weighted by molar-refractivity contribution is 7.11. The van der Waals surface area contributed by atoms with Crippen LogP contribution >= 0.6 is 11.3 Å². The van der Waals surface area contributed by atoms with Crippen molar-refractivity contribution in [3.05, 3.63) is 15.6 Å². The molecule has 0 bridgehead atoms. The lowest BCUT2D eigenvalue weighted by Crippen LogP contribution is -2.19. The second-order valence-corrected chi connectivity index (χ2v) is 6.73. The Morgan fingerprint density at radius 1 is 1.30 bits per heavy atom. The molecule has 3 nitrogen and oxygen atoms in total. The second kappa shape index (κ2) is 8.11. The summed E-state index contributed by atoms with van der Waals surface area (Å²) in [6.07, 6.45) is 6.90. The lowest BCUT2D eigenvalue weighted by Gasteiger charge is -2.28. The minimum absolute atomic E-state index is 0.222. The van der Waals surface area contributed by atoms with Gasteiger partial charge in [0.1, 0.15) is 11.1 Å². The third-order valence-electron chi connectivity index (χ3n) is 4.11. The highest BCUT2D eigenvalue weighted by atomic mass is 32.1. The van der Waals surface area contributed by atoms with E-state index in [1.165, 1.54) is 47.7 Å². The van der Waals surface area contributed by atoms with Gasteiger partial charge in [0.15, 0.2) is 0 Å². The van der Waals surface area contributed by atoms with Crippen molar-refractivity contribution in [3.63, 3.8) is 0 Å². The van der Waals surface area contributed by atoms with Crippen molar-refractivity contribution in [2.75, 3.05) is 13.2 Å². The van der Waals surface area contributed by atoms with Gasteiger partial charge in [0.05, 0.1) is 5.69 Å². The van der Waals surface area contributed by atoms with Crippen LogP contribution in [-0.4, -0.2) is 18.1 Å². The van der Waals surface area contributed by atoms with Crippen LogP contribution in [0.1, 0.15) is 67.6 Å². The standard InChI is InChI=1S/C16H28N2OS/c1-4-17-11-14-12(3)18-16(20-14)15(19-5-2)13-9-7-6-8-10-13/h13,15,17H,4-11H2,1-3H3. The van der Waals surface area contributed by atoms with E-state index in [1.54, 1.807) is 0 Å². The minimum Gasteiger partial charge on any atom is -0.371 e. The number of nitrogens with one attached hydrogen (secondary N) is 1. The number of aryl methyl sites for hydroxylation is 1. The fourth-order valence-corrected chi connectivity index (χ4v) is 4.18. The van der Waals surface area contributed by atoms with Crippen molar-refractivity contribution in [2.45, 2.75) is 65.5 Å². The molecule has 1 aliphatic carbocycles. The van der Waals surface area contributed by atoms with Gasteiger partial charge < -0.3 is 10.1 Å². The number of aromatic nitrogens is 1. The Bertz CT molecular complexity index is 399. The summed E-state index contributed by atoms with van der Waals surface area (Å²) in [5.41, 5.74) is 1.17. The zero-order valence-corrected chi connectivity index (χ0v) is 13.9. The molecule has 1 aliphatic rings. The summed E-state index contributed by atoms with van der Waals surface area (Å²) >= 11 is 1.84. The lowest BCUT2D eigenvalue weighted by atomic mass is 9.85. The molecule has 0 saturated heterocycles. The summed E-state index contributed by atoms with van der Waals surface area (Å²) < 4.78 is 6.07. The molecule has 0 spiro atoms. The largest absolute Gasteiger partial charge is 0.371 e. The van der Waals surface area contributed by atoms with Crippen LogP contribution in [0.3, 0.4) is 0 Å². The second-order valence-electron chi connectivity index (χ2n) is 5.62. The molecule has 114 valence electrons. The van der Waals surface area contributed by atoms with Gasteiger partial charge in [-0.3, -0.25) is 0 Å². The number of nitrogens with zero attached hydrogens (tertiary/aromatic N) is 1. The molecule has 1 N–H and O–H groups in total. The number of thiazole rings is 1. The Kier molecular flexibility index (Phi) is 6.46. The van der Waals surface area contributed by atoms with Crippen molar-refractivity contribution < 1.29 is 4.74 Å². The highest BCUT2D eigenvalue weighted by Gasteiger charge is 2.28. The summed E-state index contributed by atoms with van der Waals surface area (Å²) in [5, 5.41) is 4.60. The van der Waals surface area contributed by atoms with Crippen LogP contribution in [0.25, 0.3) is 0 Å². The Labute approximate surface area is 127 Å². The molecule has 1 aromatic heterocycles. The highest BCUT2D eigenvalue weighted by Crippen LogP contribution is 2.39. The summed E-state index contributed by atoms with van der Waals surface area (Å²) in [4.78, 5) is 6.17. The van der Waals surface area contributed by atoms with Gasteiger partial charge in [-0.1, -0.05) is 26.2 Å². The van der Waals surface area contributed by atoms with Crippen molar-refractivity contribution in [3.8, 4) is 0 Å². The van der Waals surface area contributed by atoms with Gasteiger partial charge in [-0.15, -0.1) is 11.3 Å². The zero-order valence-electron chi connectivity index (χ0n) is 13.1. The topological polar surface area (TPSA) is 34.1 Å². The Morgan fingerprint density at radius 2 is 2.05 bits per heavy atom. The SMILES string of the molecule is CCNCc1sc(C(OCC)C2CCCCC2)nc1C. The van der Waals surface area contributed by atoms with Crippen molar-refractivity contribution in [1.29, 1.82) is 0 Å². The quantitative estimate of drug-likeness (QED) is 0.818. The molecule has 1 unspecified atom stereocenters. The van der Waals surface area contributed by atoms with Crippen LogP contribution in [0.4, 0.5) is 0 Å². The average molecular weight is 296 g/mol. The molecule has 4 heteroatoms. The summed E-state index contributed by atoms with van der Waals surface area (Å²) in [6, 6.07) is 0. The zero-order chi connectivity index (χ0) is 14.4. The molecule has 0 aromatic carbocycles. The van der Waals surface area contributed by atoms with E-state index in [2.05, 4.69) is 26.1 Å². The van der Waals surface area contributed by atoms with Crippen LogP contribution in [0.5, 0.6) is 0 Å². The normalized spacial score (nSPS) is 18.4. The molecule has 20 heavy (non-hydrogen) atoms. The molecule has 1 saturated carbocycles.